The van der Waals surface area contributed by atoms with Crippen molar-refractivity contribution < 1.29 is 4.74 Å². The van der Waals surface area contributed by atoms with Crippen molar-refractivity contribution in [1.29, 1.82) is 0 Å². The molecule has 0 radical (unpaired) electrons. The highest BCUT2D eigenvalue weighted by atomic mass is 35.5. The predicted octanol–water partition coefficient (Wildman–Crippen LogP) is 3.64. The molecule has 12 heavy (non-hydrogen) atoms. The summed E-state index contributed by atoms with van der Waals surface area (Å²) in [6.45, 7) is 2.06. The van der Waals surface area contributed by atoms with E-state index in [0.29, 0.717) is 0 Å². The summed E-state index contributed by atoms with van der Waals surface area (Å²) in [5.41, 5.74) is 0. The van der Waals surface area contributed by atoms with Crippen molar-refractivity contribution in [3.8, 4) is 5.75 Å². The lowest BCUT2D eigenvalue weighted by molar-refractivity contribution is 0.479. The third kappa shape index (κ3) is 2.97. The lowest BCUT2D eigenvalue weighted by atomic mass is 10.3. The van der Waals surface area contributed by atoms with E-state index in [1.54, 1.807) is 18.4 Å². The fourth-order valence-corrected chi connectivity index (χ4v) is 0.862. The van der Waals surface area contributed by atoms with E-state index < -0.39 is 0 Å². The van der Waals surface area contributed by atoms with E-state index in [9.17, 15) is 0 Å². The van der Waals surface area contributed by atoms with E-state index in [-0.39, 0.29) is 0 Å². The fourth-order valence-electron chi connectivity index (χ4n) is 0.736. The van der Waals surface area contributed by atoms with Gasteiger partial charge in [0.2, 0.25) is 0 Å². The molecule has 0 heterocycles. The Bertz CT molecular complexity index is 251. The van der Waals surface area contributed by atoms with Gasteiger partial charge >= 0.3 is 0 Å². The number of rotatable bonds is 3. The maximum Gasteiger partial charge on any atom is 0.126 e. The molecule has 0 atom stereocenters. The van der Waals surface area contributed by atoms with E-state index in [0.717, 1.165) is 17.2 Å². The van der Waals surface area contributed by atoms with E-state index in [2.05, 4.69) is 6.92 Å². The van der Waals surface area contributed by atoms with Crippen LogP contribution in [0.15, 0.2) is 36.6 Å². The van der Waals surface area contributed by atoms with Crippen molar-refractivity contribution in [3.05, 3.63) is 41.6 Å². The molecule has 64 valence electrons. The standard InChI is InChI=1S/C10H11ClO/c1-2-3-8-12-10-6-4-9(11)5-7-10/h3-8H,2H2,1H3. The molecule has 0 amide bonds. The molecule has 0 aromatic heterocycles. The summed E-state index contributed by atoms with van der Waals surface area (Å²) in [6, 6.07) is 7.28. The Morgan fingerprint density at radius 2 is 2.00 bits per heavy atom. The van der Waals surface area contributed by atoms with Gasteiger partial charge in [-0.05, 0) is 36.8 Å². The average molecular weight is 183 g/mol. The average Bonchev–Trinajstić information content (AvgIpc) is 2.09. The summed E-state index contributed by atoms with van der Waals surface area (Å²) in [5.74, 6) is 0.809. The van der Waals surface area contributed by atoms with Crippen LogP contribution in [-0.4, -0.2) is 0 Å². The van der Waals surface area contributed by atoms with Crippen molar-refractivity contribution >= 4 is 11.6 Å². The van der Waals surface area contributed by atoms with Crippen LogP contribution in [0.4, 0.5) is 0 Å². The van der Waals surface area contributed by atoms with Crippen molar-refractivity contribution in [2.75, 3.05) is 0 Å². The molecule has 1 rings (SSSR count). The lowest BCUT2D eigenvalue weighted by Crippen LogP contribution is -1.80. The molecule has 1 nitrogen and oxygen atoms in total. The summed E-state index contributed by atoms with van der Waals surface area (Å²) >= 11 is 5.70. The Labute approximate surface area is 77.6 Å². The van der Waals surface area contributed by atoms with Gasteiger partial charge in [0.1, 0.15) is 5.75 Å². The molecular formula is C10H11ClO. The van der Waals surface area contributed by atoms with Gasteiger partial charge in [0.25, 0.3) is 0 Å². The molecule has 0 aliphatic rings. The summed E-state index contributed by atoms with van der Waals surface area (Å²) in [5, 5.41) is 0.724. The zero-order chi connectivity index (χ0) is 8.81. The zero-order valence-electron chi connectivity index (χ0n) is 6.96. The minimum absolute atomic E-state index is 0.724. The summed E-state index contributed by atoms with van der Waals surface area (Å²) in [6.07, 6.45) is 4.62. The van der Waals surface area contributed by atoms with Crippen LogP contribution in [0.2, 0.25) is 5.02 Å². The molecule has 0 saturated heterocycles. The van der Waals surface area contributed by atoms with Crippen LogP contribution in [-0.2, 0) is 0 Å². The number of allylic oxidation sites excluding steroid dienone is 1. The Morgan fingerprint density at radius 3 is 2.58 bits per heavy atom. The van der Waals surface area contributed by atoms with E-state index in [1.807, 2.05) is 18.2 Å². The van der Waals surface area contributed by atoms with E-state index >= 15 is 0 Å². The molecule has 0 aliphatic carbocycles. The van der Waals surface area contributed by atoms with Crippen LogP contribution in [0.25, 0.3) is 0 Å². The second kappa shape index (κ2) is 4.83. The number of halogens is 1. The minimum Gasteiger partial charge on any atom is -0.465 e. The van der Waals surface area contributed by atoms with Crippen LogP contribution in [0, 0.1) is 0 Å². The monoisotopic (exact) mass is 182 g/mol. The van der Waals surface area contributed by atoms with Crippen LogP contribution in [0.5, 0.6) is 5.75 Å². The fraction of sp³-hybridized carbons (Fsp3) is 0.200. The first kappa shape index (κ1) is 9.14. The van der Waals surface area contributed by atoms with Crippen LogP contribution in [0.3, 0.4) is 0 Å². The molecule has 2 heteroatoms. The molecule has 0 N–H and O–H groups in total. The lowest BCUT2D eigenvalue weighted by Gasteiger charge is -1.98. The summed E-state index contributed by atoms with van der Waals surface area (Å²) in [4.78, 5) is 0. The summed E-state index contributed by atoms with van der Waals surface area (Å²) in [7, 11) is 0. The first-order valence-corrected chi connectivity index (χ1v) is 4.28. The van der Waals surface area contributed by atoms with Crippen molar-refractivity contribution in [3.63, 3.8) is 0 Å². The van der Waals surface area contributed by atoms with E-state index in [1.165, 1.54) is 0 Å². The molecule has 0 fully saturated rings. The molecule has 0 bridgehead atoms. The summed E-state index contributed by atoms with van der Waals surface area (Å²) < 4.78 is 5.26. The largest absolute Gasteiger partial charge is 0.465 e. The van der Waals surface area contributed by atoms with Gasteiger partial charge in [0.15, 0.2) is 0 Å². The van der Waals surface area contributed by atoms with Gasteiger partial charge in [-0.1, -0.05) is 18.5 Å². The molecule has 0 aliphatic heterocycles. The van der Waals surface area contributed by atoms with Crippen molar-refractivity contribution in [1.82, 2.24) is 0 Å². The normalized spacial score (nSPS) is 10.5. The molecule has 0 spiro atoms. The van der Waals surface area contributed by atoms with Gasteiger partial charge in [-0.3, -0.25) is 0 Å². The molecule has 0 unspecified atom stereocenters. The van der Waals surface area contributed by atoms with Gasteiger partial charge in [-0.15, -0.1) is 0 Å². The van der Waals surface area contributed by atoms with Gasteiger partial charge in [-0.25, -0.2) is 0 Å². The number of hydrogen-bond donors (Lipinski definition) is 0. The Balaban J connectivity index is 2.53. The maximum absolute atomic E-state index is 5.70. The van der Waals surface area contributed by atoms with Gasteiger partial charge in [0.05, 0.1) is 6.26 Å². The quantitative estimate of drug-likeness (QED) is 0.649. The highest BCUT2D eigenvalue weighted by Crippen LogP contribution is 2.15. The van der Waals surface area contributed by atoms with Crippen LogP contribution in [0.1, 0.15) is 13.3 Å². The number of benzene rings is 1. The van der Waals surface area contributed by atoms with Crippen LogP contribution >= 0.6 is 11.6 Å². The second-order valence-electron chi connectivity index (χ2n) is 2.35. The third-order valence-electron chi connectivity index (χ3n) is 1.35. The smallest absolute Gasteiger partial charge is 0.126 e. The van der Waals surface area contributed by atoms with Gasteiger partial charge in [-0.2, -0.15) is 0 Å². The predicted molar refractivity (Wildman–Crippen MR) is 51.5 cm³/mol. The van der Waals surface area contributed by atoms with Crippen molar-refractivity contribution in [2.24, 2.45) is 0 Å². The molecule has 1 aromatic carbocycles. The van der Waals surface area contributed by atoms with Crippen LogP contribution < -0.4 is 4.74 Å². The minimum atomic E-state index is 0.724. The Morgan fingerprint density at radius 1 is 1.33 bits per heavy atom. The first-order valence-electron chi connectivity index (χ1n) is 3.90. The number of ether oxygens (including phenoxy) is 1. The van der Waals surface area contributed by atoms with Gasteiger partial charge < -0.3 is 4.74 Å². The molecular weight excluding hydrogens is 172 g/mol. The molecule has 0 saturated carbocycles. The second-order valence-corrected chi connectivity index (χ2v) is 2.79. The van der Waals surface area contributed by atoms with E-state index in [4.69, 9.17) is 16.3 Å². The SMILES string of the molecule is CCC=COc1ccc(Cl)cc1. The highest BCUT2D eigenvalue weighted by molar-refractivity contribution is 6.30. The first-order chi connectivity index (χ1) is 5.83. The Hall–Kier alpha value is -0.950. The number of hydrogen-bond acceptors (Lipinski definition) is 1. The van der Waals surface area contributed by atoms with Crippen molar-refractivity contribution in [2.45, 2.75) is 13.3 Å². The molecule has 1 aromatic rings. The third-order valence-corrected chi connectivity index (χ3v) is 1.60. The Kier molecular flexibility index (Phi) is 3.68. The maximum atomic E-state index is 5.70. The highest BCUT2D eigenvalue weighted by Gasteiger charge is 1.89. The van der Waals surface area contributed by atoms with Gasteiger partial charge in [0, 0.05) is 5.02 Å². The topological polar surface area (TPSA) is 9.23 Å². The zero-order valence-corrected chi connectivity index (χ0v) is 7.71.